The first-order chi connectivity index (χ1) is 11.4. The van der Waals surface area contributed by atoms with Gasteiger partial charge in [-0.25, -0.2) is 0 Å². The molecule has 0 fully saturated rings. The SMILES string of the molecule is CC(=O)Oc1ccc(OC(=O)CCOCCO[N+](=O)[O-])cc1CS. The fourth-order valence-electron chi connectivity index (χ4n) is 1.61. The summed E-state index contributed by atoms with van der Waals surface area (Å²) >= 11 is 4.13. The van der Waals surface area contributed by atoms with Crippen molar-refractivity contribution in [2.75, 3.05) is 19.8 Å². The van der Waals surface area contributed by atoms with Crippen molar-refractivity contribution in [1.82, 2.24) is 0 Å². The van der Waals surface area contributed by atoms with Gasteiger partial charge in [0.05, 0.1) is 19.6 Å². The first-order valence-corrected chi connectivity index (χ1v) is 7.53. The Morgan fingerprint density at radius 2 is 1.96 bits per heavy atom. The average molecular weight is 359 g/mol. The van der Waals surface area contributed by atoms with E-state index in [0.29, 0.717) is 17.1 Å². The molecule has 1 rings (SSSR count). The van der Waals surface area contributed by atoms with Crippen LogP contribution in [0, 0.1) is 10.1 Å². The summed E-state index contributed by atoms with van der Waals surface area (Å²) in [5, 5.41) is 8.98. The standard InChI is InChI=1S/C14H17NO8S/c1-10(16)22-13-3-2-12(8-11(13)9-24)23-14(17)4-5-20-6-7-21-15(18)19/h2-3,8,24H,4-7,9H2,1H3. The molecule has 1 aromatic rings. The molecule has 0 aliphatic carbocycles. The van der Waals surface area contributed by atoms with Crippen molar-refractivity contribution in [1.29, 1.82) is 0 Å². The second-order valence-electron chi connectivity index (χ2n) is 4.41. The third-order valence-electron chi connectivity index (χ3n) is 2.56. The van der Waals surface area contributed by atoms with Crippen LogP contribution in [0.1, 0.15) is 18.9 Å². The molecule has 0 radical (unpaired) electrons. The molecule has 0 unspecified atom stereocenters. The average Bonchev–Trinajstić information content (AvgIpc) is 2.51. The Morgan fingerprint density at radius 3 is 2.58 bits per heavy atom. The van der Waals surface area contributed by atoms with Crippen LogP contribution in [0.4, 0.5) is 0 Å². The van der Waals surface area contributed by atoms with Crippen molar-refractivity contribution < 1.29 is 33.7 Å². The van der Waals surface area contributed by atoms with Crippen LogP contribution in [0.25, 0.3) is 0 Å². The number of carbonyl (C=O) groups excluding carboxylic acids is 2. The van der Waals surface area contributed by atoms with Gasteiger partial charge in [-0.15, -0.1) is 10.1 Å². The predicted octanol–water partition coefficient (Wildman–Crippen LogP) is 1.56. The largest absolute Gasteiger partial charge is 0.426 e. The molecule has 0 heterocycles. The quantitative estimate of drug-likeness (QED) is 0.167. The van der Waals surface area contributed by atoms with E-state index < -0.39 is 17.0 Å². The lowest BCUT2D eigenvalue weighted by molar-refractivity contribution is -0.758. The summed E-state index contributed by atoms with van der Waals surface area (Å²) in [6.45, 7) is 1.12. The second kappa shape index (κ2) is 10.4. The van der Waals surface area contributed by atoms with Gasteiger partial charge in [-0.05, 0) is 18.2 Å². The fraction of sp³-hybridized carbons (Fsp3) is 0.429. The maximum Gasteiger partial charge on any atom is 0.313 e. The number of benzene rings is 1. The Bertz CT molecular complexity index is 592. The van der Waals surface area contributed by atoms with E-state index in [1.807, 2.05) is 0 Å². The highest BCUT2D eigenvalue weighted by Crippen LogP contribution is 2.26. The van der Waals surface area contributed by atoms with E-state index in [1.54, 1.807) is 6.07 Å². The molecule has 0 bridgehead atoms. The highest BCUT2D eigenvalue weighted by atomic mass is 32.1. The number of nitrogens with zero attached hydrogens (tertiary/aromatic N) is 1. The van der Waals surface area contributed by atoms with E-state index in [-0.39, 0.29) is 32.0 Å². The normalized spacial score (nSPS) is 10.1. The number of hydrogen-bond acceptors (Lipinski definition) is 9. The van der Waals surface area contributed by atoms with Gasteiger partial charge in [0, 0.05) is 18.2 Å². The van der Waals surface area contributed by atoms with Crippen LogP contribution in [0.3, 0.4) is 0 Å². The lowest BCUT2D eigenvalue weighted by Gasteiger charge is -2.10. The second-order valence-corrected chi connectivity index (χ2v) is 4.73. The number of hydrogen-bond donors (Lipinski definition) is 1. The Morgan fingerprint density at radius 1 is 1.21 bits per heavy atom. The van der Waals surface area contributed by atoms with Crippen LogP contribution < -0.4 is 9.47 Å². The summed E-state index contributed by atoms with van der Waals surface area (Å²) < 4.78 is 15.1. The highest BCUT2D eigenvalue weighted by Gasteiger charge is 2.10. The lowest BCUT2D eigenvalue weighted by Crippen LogP contribution is -2.14. The van der Waals surface area contributed by atoms with E-state index in [2.05, 4.69) is 17.5 Å². The molecule has 0 spiro atoms. The van der Waals surface area contributed by atoms with Crippen LogP contribution >= 0.6 is 12.6 Å². The first kappa shape index (κ1) is 19.7. The molecule has 0 aliphatic heterocycles. The van der Waals surface area contributed by atoms with Crippen LogP contribution in [0.5, 0.6) is 11.5 Å². The van der Waals surface area contributed by atoms with Gasteiger partial charge in [-0.2, -0.15) is 12.6 Å². The Hall–Kier alpha value is -2.33. The van der Waals surface area contributed by atoms with Gasteiger partial charge in [0.2, 0.25) is 0 Å². The van der Waals surface area contributed by atoms with Gasteiger partial charge < -0.3 is 19.0 Å². The number of esters is 2. The van der Waals surface area contributed by atoms with Crippen molar-refractivity contribution in [3.63, 3.8) is 0 Å². The molecule has 0 atom stereocenters. The minimum absolute atomic E-state index is 0.00482. The molecule has 0 saturated heterocycles. The smallest absolute Gasteiger partial charge is 0.313 e. The molecule has 0 aliphatic rings. The molecular formula is C14H17NO8S. The van der Waals surface area contributed by atoms with Crippen LogP contribution in [0.2, 0.25) is 0 Å². The minimum atomic E-state index is -0.920. The summed E-state index contributed by atoms with van der Waals surface area (Å²) in [5.41, 5.74) is 0.604. The highest BCUT2D eigenvalue weighted by molar-refractivity contribution is 7.79. The summed E-state index contributed by atoms with van der Waals surface area (Å²) in [6, 6.07) is 4.56. The zero-order valence-corrected chi connectivity index (χ0v) is 13.8. The van der Waals surface area contributed by atoms with Crippen molar-refractivity contribution in [2.24, 2.45) is 0 Å². The molecule has 0 amide bonds. The lowest BCUT2D eigenvalue weighted by atomic mass is 10.2. The number of carbonyl (C=O) groups is 2. The molecule has 132 valence electrons. The number of thiol groups is 1. The zero-order valence-electron chi connectivity index (χ0n) is 12.9. The first-order valence-electron chi connectivity index (χ1n) is 6.90. The van der Waals surface area contributed by atoms with E-state index in [1.165, 1.54) is 19.1 Å². The van der Waals surface area contributed by atoms with Crippen molar-refractivity contribution >= 4 is 24.6 Å². The van der Waals surface area contributed by atoms with Gasteiger partial charge in [0.25, 0.3) is 5.09 Å². The summed E-state index contributed by atoms with van der Waals surface area (Å²) in [4.78, 5) is 36.6. The number of rotatable bonds is 10. The third kappa shape index (κ3) is 7.79. The predicted molar refractivity (Wildman–Crippen MR) is 84.5 cm³/mol. The fourth-order valence-corrected chi connectivity index (χ4v) is 1.86. The summed E-state index contributed by atoms with van der Waals surface area (Å²) in [7, 11) is 0. The molecule has 24 heavy (non-hydrogen) atoms. The van der Waals surface area contributed by atoms with Crippen molar-refractivity contribution in [3.8, 4) is 11.5 Å². The van der Waals surface area contributed by atoms with Gasteiger partial charge in [0.15, 0.2) is 0 Å². The molecule has 10 heteroatoms. The zero-order chi connectivity index (χ0) is 17.9. The molecule has 0 saturated carbocycles. The van der Waals surface area contributed by atoms with Gasteiger partial charge in [-0.1, -0.05) is 0 Å². The van der Waals surface area contributed by atoms with E-state index in [0.717, 1.165) is 0 Å². The molecule has 0 N–H and O–H groups in total. The third-order valence-corrected chi connectivity index (χ3v) is 2.90. The maximum absolute atomic E-state index is 11.7. The maximum atomic E-state index is 11.7. The Labute approximate surface area is 143 Å². The van der Waals surface area contributed by atoms with E-state index in [9.17, 15) is 19.7 Å². The van der Waals surface area contributed by atoms with Gasteiger partial charge in [0.1, 0.15) is 18.1 Å². The molecule has 0 aromatic heterocycles. The monoisotopic (exact) mass is 359 g/mol. The van der Waals surface area contributed by atoms with Crippen LogP contribution in [-0.4, -0.2) is 36.8 Å². The topological polar surface area (TPSA) is 114 Å². The van der Waals surface area contributed by atoms with Crippen molar-refractivity contribution in [3.05, 3.63) is 33.9 Å². The number of ether oxygens (including phenoxy) is 3. The molecule has 1 aromatic carbocycles. The Balaban J connectivity index is 2.41. The molecular weight excluding hydrogens is 342 g/mol. The van der Waals surface area contributed by atoms with Crippen LogP contribution in [-0.2, 0) is 24.9 Å². The van der Waals surface area contributed by atoms with E-state index >= 15 is 0 Å². The summed E-state index contributed by atoms with van der Waals surface area (Å²) in [5.74, 6) is -0.0484. The Kier molecular flexibility index (Phi) is 8.58. The van der Waals surface area contributed by atoms with Gasteiger partial charge >= 0.3 is 11.9 Å². The van der Waals surface area contributed by atoms with Gasteiger partial charge in [-0.3, -0.25) is 9.59 Å². The summed E-state index contributed by atoms with van der Waals surface area (Å²) in [6.07, 6.45) is -0.0274. The van der Waals surface area contributed by atoms with Crippen LogP contribution in [0.15, 0.2) is 18.2 Å². The minimum Gasteiger partial charge on any atom is -0.426 e. The van der Waals surface area contributed by atoms with E-state index in [4.69, 9.17) is 14.2 Å². The van der Waals surface area contributed by atoms with Crippen molar-refractivity contribution in [2.45, 2.75) is 19.1 Å². The molecule has 9 nitrogen and oxygen atoms in total.